The molecule has 3 saturated heterocycles. The molecule has 0 aromatic rings. The van der Waals surface area contributed by atoms with Crippen LogP contribution in [0.15, 0.2) is 0 Å². The van der Waals surface area contributed by atoms with E-state index >= 15 is 0 Å². The smallest absolute Gasteiger partial charge is 0.246 e. The molecule has 1 spiro atoms. The molecule has 0 aromatic carbocycles. The standard InChI is InChI=1S/C43H68N12O12/c1-4-14-54-26-37(62)48-23-34(59)46-21-32(57)44-19-31(56)45-20-33(58)47-22-35(60)49-25-39(64)55-17-10-12-30(55)40(65)52-43(13-9-11-28(43)27(3)5-2)42(67)50-24-36(61)51-29(18-38(54)63)41(66)53-15-7-6-8-16-53/h27-30H,4-26H2,1-3H3,(H,44,57)(H,45,56)(H,46,59)(H,47,58)(H,48,62)(H,49,60)(H,50,67)(H,51,61)(H,52,65)/t27-,28?,29?,30?,43?/m0/s1. The Balaban J connectivity index is 1.56. The number of hydrogen-bond donors (Lipinski definition) is 9. The highest BCUT2D eigenvalue weighted by Gasteiger charge is 2.53. The zero-order chi connectivity index (χ0) is 49.1. The van der Waals surface area contributed by atoms with Crippen LogP contribution < -0.4 is 47.9 Å². The van der Waals surface area contributed by atoms with Crippen LogP contribution in [-0.2, 0) is 57.5 Å². The number of rotatable bonds is 5. The second-order valence-corrected chi connectivity index (χ2v) is 17.5. The van der Waals surface area contributed by atoms with Crippen molar-refractivity contribution in [1.82, 2.24) is 62.6 Å². The Kier molecular flexibility index (Phi) is 20.7. The van der Waals surface area contributed by atoms with Crippen LogP contribution in [0.25, 0.3) is 0 Å². The molecule has 0 radical (unpaired) electrons. The van der Waals surface area contributed by atoms with Crippen molar-refractivity contribution in [2.24, 2.45) is 11.8 Å². The maximum Gasteiger partial charge on any atom is 0.246 e. The quantitative estimate of drug-likeness (QED) is 0.126. The summed E-state index contributed by atoms with van der Waals surface area (Å²) in [6.45, 7) is 2.46. The van der Waals surface area contributed by atoms with Crippen molar-refractivity contribution in [3.05, 3.63) is 0 Å². The van der Waals surface area contributed by atoms with E-state index in [9.17, 15) is 57.5 Å². The largest absolute Gasteiger partial charge is 0.346 e. The molecule has 5 atom stereocenters. The van der Waals surface area contributed by atoms with Crippen molar-refractivity contribution in [3.63, 3.8) is 0 Å². The van der Waals surface area contributed by atoms with Gasteiger partial charge < -0.3 is 62.6 Å². The Morgan fingerprint density at radius 1 is 0.612 bits per heavy atom. The fourth-order valence-electron chi connectivity index (χ4n) is 8.90. The van der Waals surface area contributed by atoms with E-state index in [0.717, 1.165) is 19.3 Å². The molecular formula is C43H68N12O12. The molecule has 4 rings (SSSR count). The summed E-state index contributed by atoms with van der Waals surface area (Å²) >= 11 is 0. The molecule has 1 saturated carbocycles. The predicted octanol–water partition coefficient (Wildman–Crippen LogP) is -4.37. The third kappa shape index (κ3) is 15.9. The first-order chi connectivity index (χ1) is 32.0. The van der Waals surface area contributed by atoms with Gasteiger partial charge in [-0.3, -0.25) is 57.5 Å². The summed E-state index contributed by atoms with van der Waals surface area (Å²) in [4.78, 5) is 162. The van der Waals surface area contributed by atoms with Gasteiger partial charge in [-0.05, 0) is 63.2 Å². The van der Waals surface area contributed by atoms with Gasteiger partial charge in [0.05, 0.1) is 58.8 Å². The van der Waals surface area contributed by atoms with Crippen LogP contribution in [0.2, 0.25) is 0 Å². The molecule has 9 N–H and O–H groups in total. The second kappa shape index (κ2) is 26.1. The molecule has 4 fully saturated rings. The summed E-state index contributed by atoms with van der Waals surface area (Å²) in [6, 6.07) is -2.33. The third-order valence-electron chi connectivity index (χ3n) is 12.6. The van der Waals surface area contributed by atoms with Gasteiger partial charge in [-0.2, -0.15) is 0 Å². The van der Waals surface area contributed by atoms with E-state index in [0.29, 0.717) is 45.2 Å². The van der Waals surface area contributed by atoms with E-state index < -0.39 is 147 Å². The Morgan fingerprint density at radius 3 is 1.70 bits per heavy atom. The van der Waals surface area contributed by atoms with Gasteiger partial charge in [0.15, 0.2) is 0 Å². The molecule has 1 aliphatic carbocycles. The van der Waals surface area contributed by atoms with Gasteiger partial charge in [0.25, 0.3) is 0 Å². The number of carbonyl (C=O) groups is 12. The topological polar surface area (TPSA) is 323 Å². The predicted molar refractivity (Wildman–Crippen MR) is 237 cm³/mol. The first-order valence-electron chi connectivity index (χ1n) is 23.3. The van der Waals surface area contributed by atoms with Crippen LogP contribution in [0, 0.1) is 11.8 Å². The summed E-state index contributed by atoms with van der Waals surface area (Å²) in [5.74, 6) is -8.53. The normalized spacial score (nSPS) is 26.6. The number of hydrogen-bond acceptors (Lipinski definition) is 12. The van der Waals surface area contributed by atoms with Crippen LogP contribution in [0.1, 0.15) is 91.4 Å². The SMILES string of the molecule is CCCN1CC(=O)NCC(=O)NCC(=O)NCC(=O)NCC(=O)NCC(=O)NCC(=O)N2CCCC2C(=O)NC2(CCCC2[C@@H](C)CC)C(=O)NCC(=O)NC(C(=O)N2CCCCC2)CC1=O. The number of nitrogens with zero attached hydrogens (tertiary/aromatic N) is 3. The van der Waals surface area contributed by atoms with Gasteiger partial charge in [0.1, 0.15) is 17.6 Å². The minimum atomic E-state index is -1.46. The number of likely N-dealkylation sites (tertiary alicyclic amines) is 1. The fraction of sp³-hybridized carbons (Fsp3) is 0.721. The maximum atomic E-state index is 14.4. The number of amides is 12. The minimum absolute atomic E-state index is 0.0352. The highest BCUT2D eigenvalue weighted by molar-refractivity contribution is 5.99. The summed E-state index contributed by atoms with van der Waals surface area (Å²) in [5.41, 5.74) is -1.46. The number of nitrogens with one attached hydrogen (secondary N) is 9. The monoisotopic (exact) mass is 945 g/mol. The summed E-state index contributed by atoms with van der Waals surface area (Å²) in [6.07, 6.45) is 5.13. The molecule has 3 heterocycles. The van der Waals surface area contributed by atoms with Crippen LogP contribution in [0.5, 0.6) is 0 Å². The molecule has 24 nitrogen and oxygen atoms in total. The molecule has 4 aliphatic rings. The van der Waals surface area contributed by atoms with E-state index in [1.165, 1.54) is 9.80 Å². The number of piperidine rings is 1. The zero-order valence-electron chi connectivity index (χ0n) is 38.8. The van der Waals surface area contributed by atoms with Gasteiger partial charge in [-0.1, -0.05) is 33.6 Å². The first kappa shape index (κ1) is 53.3. The Labute approximate surface area is 389 Å². The lowest BCUT2D eigenvalue weighted by atomic mass is 9.76. The van der Waals surface area contributed by atoms with Crippen LogP contribution in [0.3, 0.4) is 0 Å². The van der Waals surface area contributed by atoms with E-state index in [-0.39, 0.29) is 37.8 Å². The van der Waals surface area contributed by atoms with Gasteiger partial charge in [-0.25, -0.2) is 0 Å². The van der Waals surface area contributed by atoms with Crippen molar-refractivity contribution in [2.45, 2.75) is 109 Å². The van der Waals surface area contributed by atoms with Gasteiger partial charge in [-0.15, -0.1) is 0 Å². The molecule has 4 unspecified atom stereocenters. The second-order valence-electron chi connectivity index (χ2n) is 17.5. The van der Waals surface area contributed by atoms with Gasteiger partial charge >= 0.3 is 0 Å². The van der Waals surface area contributed by atoms with E-state index in [1.807, 2.05) is 13.8 Å². The Bertz CT molecular complexity index is 1880. The molecule has 67 heavy (non-hydrogen) atoms. The summed E-state index contributed by atoms with van der Waals surface area (Å²) in [7, 11) is 0. The Morgan fingerprint density at radius 2 is 1.15 bits per heavy atom. The first-order valence-corrected chi connectivity index (χ1v) is 23.3. The van der Waals surface area contributed by atoms with Crippen molar-refractivity contribution in [3.8, 4) is 0 Å². The fourth-order valence-corrected chi connectivity index (χ4v) is 8.90. The number of fused-ring (bicyclic) bond motifs is 1. The summed E-state index contributed by atoms with van der Waals surface area (Å²) < 4.78 is 0. The van der Waals surface area contributed by atoms with Crippen molar-refractivity contribution in [1.29, 1.82) is 0 Å². The Hall–Kier alpha value is -6.36. The minimum Gasteiger partial charge on any atom is -0.346 e. The van der Waals surface area contributed by atoms with E-state index in [2.05, 4.69) is 47.9 Å². The average Bonchev–Trinajstić information content (AvgIpc) is 3.99. The lowest BCUT2D eigenvalue weighted by molar-refractivity contribution is -0.143. The third-order valence-corrected chi connectivity index (χ3v) is 12.6. The van der Waals surface area contributed by atoms with Crippen LogP contribution in [0.4, 0.5) is 0 Å². The van der Waals surface area contributed by atoms with Gasteiger partial charge in [0, 0.05) is 26.2 Å². The molecule has 372 valence electrons. The molecule has 24 heteroatoms. The van der Waals surface area contributed by atoms with Crippen LogP contribution >= 0.6 is 0 Å². The maximum absolute atomic E-state index is 14.4. The molecule has 12 amide bonds. The average molecular weight is 945 g/mol. The van der Waals surface area contributed by atoms with Crippen molar-refractivity contribution in [2.75, 3.05) is 78.5 Å². The van der Waals surface area contributed by atoms with Crippen molar-refractivity contribution < 1.29 is 57.5 Å². The van der Waals surface area contributed by atoms with Crippen molar-refractivity contribution >= 4 is 70.9 Å². The highest BCUT2D eigenvalue weighted by atomic mass is 16.2. The van der Waals surface area contributed by atoms with E-state index in [1.54, 1.807) is 11.8 Å². The van der Waals surface area contributed by atoms with Crippen LogP contribution in [-0.4, -0.2) is 182 Å². The summed E-state index contributed by atoms with van der Waals surface area (Å²) in [5, 5.41) is 22.2. The lowest BCUT2D eigenvalue weighted by Gasteiger charge is -2.39. The molecule has 0 aromatic heterocycles. The molecular weight excluding hydrogens is 877 g/mol. The molecule has 3 aliphatic heterocycles. The molecule has 0 bridgehead atoms. The lowest BCUT2D eigenvalue weighted by Crippen LogP contribution is -2.65. The number of carbonyl (C=O) groups excluding carboxylic acids is 12. The zero-order valence-corrected chi connectivity index (χ0v) is 38.8. The van der Waals surface area contributed by atoms with E-state index in [4.69, 9.17) is 0 Å². The van der Waals surface area contributed by atoms with Gasteiger partial charge in [0.2, 0.25) is 70.9 Å². The highest BCUT2D eigenvalue weighted by Crippen LogP contribution is 2.42.